The minimum atomic E-state index is 0.0139. The van der Waals surface area contributed by atoms with Gasteiger partial charge in [-0.2, -0.15) is 0 Å². The largest absolute Gasteiger partial charge is 0.508 e. The lowest BCUT2D eigenvalue weighted by atomic mass is 10.1. The highest BCUT2D eigenvalue weighted by Crippen LogP contribution is 2.23. The van der Waals surface area contributed by atoms with E-state index >= 15 is 0 Å². The second kappa shape index (κ2) is 1.95. The Hall–Kier alpha value is -1.57. The van der Waals surface area contributed by atoms with E-state index in [1.54, 1.807) is 18.2 Å². The molecule has 0 bridgehead atoms. The van der Waals surface area contributed by atoms with Crippen molar-refractivity contribution in [3.63, 3.8) is 0 Å². The standard InChI is InChI=1S/C9H6O2/c10-7-2-3-8-6(5-7)1-4-9(8)11/h1-5,10H. The average Bonchev–Trinajstić information content (AvgIpc) is 2.32. The summed E-state index contributed by atoms with van der Waals surface area (Å²) in [5, 5.41) is 9.04. The molecule has 1 N–H and O–H groups in total. The summed E-state index contributed by atoms with van der Waals surface area (Å²) in [4.78, 5) is 11.0. The molecule has 0 aliphatic heterocycles. The highest BCUT2D eigenvalue weighted by Gasteiger charge is 2.12. The van der Waals surface area contributed by atoms with Crippen LogP contribution in [0.15, 0.2) is 24.3 Å². The monoisotopic (exact) mass is 146 g/mol. The summed E-state index contributed by atoms with van der Waals surface area (Å²) >= 11 is 0. The van der Waals surface area contributed by atoms with E-state index in [4.69, 9.17) is 5.11 Å². The lowest BCUT2D eigenvalue weighted by Crippen LogP contribution is -1.89. The zero-order valence-electron chi connectivity index (χ0n) is 5.74. The fraction of sp³-hybridized carbons (Fsp3) is 0. The minimum absolute atomic E-state index is 0.0139. The molecule has 1 aromatic rings. The summed E-state index contributed by atoms with van der Waals surface area (Å²) in [5.41, 5.74) is 1.47. The second-order valence-electron chi connectivity index (χ2n) is 2.47. The molecule has 0 aromatic heterocycles. The maximum Gasteiger partial charge on any atom is 0.186 e. The number of carbonyl (C=O) groups excluding carboxylic acids is 1. The van der Waals surface area contributed by atoms with Crippen LogP contribution in [-0.2, 0) is 0 Å². The maximum absolute atomic E-state index is 11.0. The fourth-order valence-corrected chi connectivity index (χ4v) is 1.17. The number of carbonyl (C=O) groups is 1. The Balaban J connectivity index is 2.66. The number of hydrogen-bond donors (Lipinski definition) is 1. The molecule has 0 amide bonds. The number of fused-ring (bicyclic) bond motifs is 1. The molecule has 54 valence electrons. The van der Waals surface area contributed by atoms with Crippen LogP contribution in [-0.4, -0.2) is 10.9 Å². The molecule has 1 aromatic carbocycles. The van der Waals surface area contributed by atoms with Crippen molar-refractivity contribution in [3.05, 3.63) is 35.4 Å². The van der Waals surface area contributed by atoms with Crippen molar-refractivity contribution >= 4 is 11.9 Å². The fourth-order valence-electron chi connectivity index (χ4n) is 1.17. The van der Waals surface area contributed by atoms with Crippen LogP contribution in [0.1, 0.15) is 15.9 Å². The molecule has 0 atom stereocenters. The van der Waals surface area contributed by atoms with Crippen molar-refractivity contribution in [1.82, 2.24) is 0 Å². The normalized spacial score (nSPS) is 13.6. The summed E-state index contributed by atoms with van der Waals surface area (Å²) < 4.78 is 0. The van der Waals surface area contributed by atoms with Crippen LogP contribution in [0, 0.1) is 0 Å². The van der Waals surface area contributed by atoms with E-state index < -0.39 is 0 Å². The molecule has 1 aliphatic carbocycles. The summed E-state index contributed by atoms with van der Waals surface area (Å²) in [6.07, 6.45) is 3.21. The number of rotatable bonds is 0. The quantitative estimate of drug-likeness (QED) is 0.603. The molecule has 0 spiro atoms. The number of hydrogen-bond acceptors (Lipinski definition) is 2. The van der Waals surface area contributed by atoms with Crippen LogP contribution in [0.25, 0.3) is 6.08 Å². The molecular formula is C9H6O2. The Labute approximate surface area is 63.8 Å². The third kappa shape index (κ3) is 0.835. The summed E-state index contributed by atoms with van der Waals surface area (Å²) in [7, 11) is 0. The summed E-state index contributed by atoms with van der Waals surface area (Å²) in [5.74, 6) is 0.211. The van der Waals surface area contributed by atoms with Crippen LogP contribution >= 0.6 is 0 Å². The Bertz CT molecular complexity index is 351. The second-order valence-corrected chi connectivity index (χ2v) is 2.47. The van der Waals surface area contributed by atoms with Crippen molar-refractivity contribution < 1.29 is 9.90 Å². The van der Waals surface area contributed by atoms with Gasteiger partial charge in [0, 0.05) is 5.56 Å². The number of phenolic OH excluding ortho intramolecular Hbond substituents is 1. The van der Waals surface area contributed by atoms with Gasteiger partial charge in [-0.15, -0.1) is 0 Å². The highest BCUT2D eigenvalue weighted by molar-refractivity contribution is 6.13. The van der Waals surface area contributed by atoms with Gasteiger partial charge in [0.25, 0.3) is 0 Å². The van der Waals surface area contributed by atoms with Crippen molar-refractivity contribution in [2.24, 2.45) is 0 Å². The van der Waals surface area contributed by atoms with Gasteiger partial charge >= 0.3 is 0 Å². The molecule has 0 saturated carbocycles. The van der Waals surface area contributed by atoms with Gasteiger partial charge in [0.2, 0.25) is 0 Å². The smallest absolute Gasteiger partial charge is 0.186 e. The van der Waals surface area contributed by atoms with Gasteiger partial charge in [0.15, 0.2) is 5.78 Å². The minimum Gasteiger partial charge on any atom is -0.508 e. The third-order valence-corrected chi connectivity index (χ3v) is 1.71. The summed E-state index contributed by atoms with van der Waals surface area (Å²) in [6.45, 7) is 0. The first-order valence-electron chi connectivity index (χ1n) is 3.33. The van der Waals surface area contributed by atoms with Crippen LogP contribution in [0.5, 0.6) is 5.75 Å². The highest BCUT2D eigenvalue weighted by atomic mass is 16.3. The molecule has 0 radical (unpaired) electrons. The van der Waals surface area contributed by atoms with Crippen LogP contribution in [0.3, 0.4) is 0 Å². The predicted octanol–water partition coefficient (Wildman–Crippen LogP) is 1.60. The zero-order valence-corrected chi connectivity index (χ0v) is 5.74. The van der Waals surface area contributed by atoms with Crippen LogP contribution < -0.4 is 0 Å². The lowest BCUT2D eigenvalue weighted by molar-refractivity contribution is 0.105. The van der Waals surface area contributed by atoms with Gasteiger partial charge in [-0.05, 0) is 29.8 Å². The number of ketones is 1. The van der Waals surface area contributed by atoms with Gasteiger partial charge in [0.1, 0.15) is 5.75 Å². The van der Waals surface area contributed by atoms with E-state index in [0.717, 1.165) is 5.56 Å². The van der Waals surface area contributed by atoms with E-state index in [1.807, 2.05) is 0 Å². The molecule has 2 nitrogen and oxygen atoms in total. The van der Waals surface area contributed by atoms with Crippen molar-refractivity contribution in [2.45, 2.75) is 0 Å². The molecule has 0 unspecified atom stereocenters. The van der Waals surface area contributed by atoms with Crippen molar-refractivity contribution in [2.75, 3.05) is 0 Å². The predicted molar refractivity (Wildman–Crippen MR) is 41.5 cm³/mol. The van der Waals surface area contributed by atoms with Gasteiger partial charge in [0.05, 0.1) is 0 Å². The Morgan fingerprint density at radius 3 is 2.82 bits per heavy atom. The molecule has 1 aliphatic rings. The maximum atomic E-state index is 11.0. The number of phenols is 1. The molecule has 2 rings (SSSR count). The van der Waals surface area contributed by atoms with Crippen molar-refractivity contribution in [3.8, 4) is 5.75 Å². The SMILES string of the molecule is O=C1C=Cc2cc(O)ccc21. The van der Waals surface area contributed by atoms with Crippen LogP contribution in [0.2, 0.25) is 0 Å². The Kier molecular flexibility index (Phi) is 1.09. The average molecular weight is 146 g/mol. The Morgan fingerprint density at radius 2 is 2.00 bits per heavy atom. The van der Waals surface area contributed by atoms with Gasteiger partial charge in [-0.3, -0.25) is 4.79 Å². The first kappa shape index (κ1) is 6.16. The van der Waals surface area contributed by atoms with E-state index in [0.29, 0.717) is 5.56 Å². The van der Waals surface area contributed by atoms with Gasteiger partial charge in [-0.1, -0.05) is 6.08 Å². The third-order valence-electron chi connectivity index (χ3n) is 1.71. The topological polar surface area (TPSA) is 37.3 Å². The molecule has 0 heterocycles. The van der Waals surface area contributed by atoms with Crippen LogP contribution in [0.4, 0.5) is 0 Å². The number of benzene rings is 1. The van der Waals surface area contributed by atoms with Gasteiger partial charge < -0.3 is 5.11 Å². The first-order valence-corrected chi connectivity index (χ1v) is 3.33. The van der Waals surface area contributed by atoms with E-state index in [9.17, 15) is 4.79 Å². The van der Waals surface area contributed by atoms with E-state index in [1.165, 1.54) is 12.1 Å². The molecule has 0 saturated heterocycles. The molecule has 0 fully saturated rings. The first-order chi connectivity index (χ1) is 5.27. The molecular weight excluding hydrogens is 140 g/mol. The molecule has 11 heavy (non-hydrogen) atoms. The Morgan fingerprint density at radius 1 is 1.18 bits per heavy atom. The molecule has 2 heteroatoms. The van der Waals surface area contributed by atoms with Gasteiger partial charge in [-0.25, -0.2) is 0 Å². The van der Waals surface area contributed by atoms with E-state index in [2.05, 4.69) is 0 Å². The summed E-state index contributed by atoms with van der Waals surface area (Å²) in [6, 6.07) is 4.73. The lowest BCUT2D eigenvalue weighted by Gasteiger charge is -1.96. The zero-order chi connectivity index (χ0) is 7.84. The van der Waals surface area contributed by atoms with E-state index in [-0.39, 0.29) is 11.5 Å². The number of aromatic hydroxyl groups is 1. The number of allylic oxidation sites excluding steroid dienone is 1. The van der Waals surface area contributed by atoms with Crippen molar-refractivity contribution in [1.29, 1.82) is 0 Å².